The van der Waals surface area contributed by atoms with E-state index in [2.05, 4.69) is 10.1 Å². The second kappa shape index (κ2) is 4.40. The van der Waals surface area contributed by atoms with Gasteiger partial charge in [-0.1, -0.05) is 19.0 Å². The normalized spacial score (nSPS) is 11.4. The minimum Gasteiger partial charge on any atom is -0.481 e. The highest BCUT2D eigenvalue weighted by molar-refractivity contribution is 5.84. The van der Waals surface area contributed by atoms with Crippen LogP contribution in [0.25, 0.3) is 11.1 Å². The zero-order valence-electron chi connectivity index (χ0n) is 10.9. The highest BCUT2D eigenvalue weighted by atomic mass is 16.5. The van der Waals surface area contributed by atoms with E-state index in [4.69, 9.17) is 9.63 Å². The number of carboxylic acids is 1. The van der Waals surface area contributed by atoms with Crippen LogP contribution in [0.3, 0.4) is 0 Å². The summed E-state index contributed by atoms with van der Waals surface area (Å²) in [6, 6.07) is 0. The fraction of sp³-hybridized carbons (Fsp3) is 0.462. The van der Waals surface area contributed by atoms with Crippen molar-refractivity contribution >= 4 is 17.1 Å². The van der Waals surface area contributed by atoms with Gasteiger partial charge in [-0.2, -0.15) is 0 Å². The van der Waals surface area contributed by atoms with Crippen molar-refractivity contribution in [2.24, 2.45) is 0 Å². The van der Waals surface area contributed by atoms with Crippen molar-refractivity contribution in [1.82, 2.24) is 10.1 Å². The predicted octanol–water partition coefficient (Wildman–Crippen LogP) is 2.59. The van der Waals surface area contributed by atoms with Gasteiger partial charge in [0.2, 0.25) is 0 Å². The second-order valence-electron chi connectivity index (χ2n) is 4.77. The van der Waals surface area contributed by atoms with E-state index in [1.807, 2.05) is 20.8 Å². The molecule has 0 spiro atoms. The molecule has 5 nitrogen and oxygen atoms in total. The second-order valence-corrected chi connectivity index (χ2v) is 4.77. The SMILES string of the molecule is Cc1nc2onc(C(C)C)c2c(C)c1CC(=O)O. The summed E-state index contributed by atoms with van der Waals surface area (Å²) in [4.78, 5) is 15.2. The molecule has 0 atom stereocenters. The van der Waals surface area contributed by atoms with Gasteiger partial charge >= 0.3 is 5.97 Å². The van der Waals surface area contributed by atoms with E-state index in [1.54, 1.807) is 6.92 Å². The van der Waals surface area contributed by atoms with E-state index in [9.17, 15) is 4.79 Å². The largest absolute Gasteiger partial charge is 0.481 e. The van der Waals surface area contributed by atoms with Crippen LogP contribution in [0.2, 0.25) is 0 Å². The first kappa shape index (κ1) is 12.5. The first-order valence-electron chi connectivity index (χ1n) is 5.89. The van der Waals surface area contributed by atoms with E-state index in [0.29, 0.717) is 11.4 Å². The molecule has 96 valence electrons. The smallest absolute Gasteiger partial charge is 0.307 e. The molecule has 0 fully saturated rings. The minimum atomic E-state index is -0.857. The van der Waals surface area contributed by atoms with Crippen molar-refractivity contribution < 1.29 is 14.4 Å². The van der Waals surface area contributed by atoms with Crippen LogP contribution in [0, 0.1) is 13.8 Å². The minimum absolute atomic E-state index is 0.0245. The number of pyridine rings is 1. The van der Waals surface area contributed by atoms with Gasteiger partial charge in [0.25, 0.3) is 5.71 Å². The van der Waals surface area contributed by atoms with Crippen LogP contribution in [0.15, 0.2) is 4.52 Å². The van der Waals surface area contributed by atoms with Gasteiger partial charge in [-0.05, 0) is 30.9 Å². The van der Waals surface area contributed by atoms with Crippen molar-refractivity contribution in [3.05, 3.63) is 22.5 Å². The van der Waals surface area contributed by atoms with E-state index in [1.165, 1.54) is 0 Å². The Balaban J connectivity index is 2.73. The Morgan fingerprint density at radius 2 is 2.06 bits per heavy atom. The van der Waals surface area contributed by atoms with Crippen molar-refractivity contribution in [2.75, 3.05) is 0 Å². The first-order valence-corrected chi connectivity index (χ1v) is 5.89. The maximum Gasteiger partial charge on any atom is 0.307 e. The molecule has 2 aromatic rings. The third-order valence-electron chi connectivity index (χ3n) is 3.11. The zero-order chi connectivity index (χ0) is 13.4. The van der Waals surface area contributed by atoms with Gasteiger partial charge in [-0.15, -0.1) is 0 Å². The van der Waals surface area contributed by atoms with Gasteiger partial charge in [0.1, 0.15) is 0 Å². The number of aryl methyl sites for hydroxylation is 2. The van der Waals surface area contributed by atoms with Crippen LogP contribution in [-0.4, -0.2) is 21.2 Å². The van der Waals surface area contributed by atoms with Gasteiger partial charge in [-0.3, -0.25) is 4.79 Å². The van der Waals surface area contributed by atoms with Gasteiger partial charge in [0.05, 0.1) is 17.5 Å². The number of fused-ring (bicyclic) bond motifs is 1. The topological polar surface area (TPSA) is 76.2 Å². The lowest BCUT2D eigenvalue weighted by atomic mass is 9.98. The van der Waals surface area contributed by atoms with Crippen LogP contribution < -0.4 is 0 Å². The van der Waals surface area contributed by atoms with E-state index in [-0.39, 0.29) is 12.3 Å². The highest BCUT2D eigenvalue weighted by Gasteiger charge is 2.20. The van der Waals surface area contributed by atoms with Crippen molar-refractivity contribution in [1.29, 1.82) is 0 Å². The van der Waals surface area contributed by atoms with Crippen LogP contribution in [0.1, 0.15) is 42.3 Å². The van der Waals surface area contributed by atoms with Crippen molar-refractivity contribution in [2.45, 2.75) is 40.0 Å². The van der Waals surface area contributed by atoms with E-state index >= 15 is 0 Å². The quantitative estimate of drug-likeness (QED) is 0.903. The van der Waals surface area contributed by atoms with Crippen LogP contribution in [0.4, 0.5) is 0 Å². The molecule has 18 heavy (non-hydrogen) atoms. The molecule has 0 aliphatic rings. The highest BCUT2D eigenvalue weighted by Crippen LogP contribution is 2.29. The summed E-state index contributed by atoms with van der Waals surface area (Å²) in [6.07, 6.45) is -0.0245. The average molecular weight is 248 g/mol. The molecule has 1 N–H and O–H groups in total. The van der Waals surface area contributed by atoms with Crippen LogP contribution in [-0.2, 0) is 11.2 Å². The number of hydrogen-bond acceptors (Lipinski definition) is 4. The Hall–Kier alpha value is -1.91. The zero-order valence-corrected chi connectivity index (χ0v) is 10.9. The molecule has 0 aliphatic heterocycles. The maximum atomic E-state index is 10.9. The first-order chi connectivity index (χ1) is 8.41. The molecule has 0 aromatic carbocycles. The number of carboxylic acid groups (broad SMARTS) is 1. The number of carbonyl (C=O) groups is 1. The molecular formula is C13H16N2O3. The summed E-state index contributed by atoms with van der Waals surface area (Å²) in [5.74, 6) is -0.642. The van der Waals surface area contributed by atoms with Gasteiger partial charge in [0, 0.05) is 5.69 Å². The Kier molecular flexibility index (Phi) is 3.07. The average Bonchev–Trinajstić information content (AvgIpc) is 2.67. The van der Waals surface area contributed by atoms with Crippen LogP contribution in [0.5, 0.6) is 0 Å². The van der Waals surface area contributed by atoms with E-state index < -0.39 is 5.97 Å². The number of aromatic nitrogens is 2. The number of aliphatic carboxylic acids is 1. The summed E-state index contributed by atoms with van der Waals surface area (Å²) in [7, 11) is 0. The summed E-state index contributed by atoms with van der Waals surface area (Å²) in [5.41, 5.74) is 3.67. The summed E-state index contributed by atoms with van der Waals surface area (Å²) in [6.45, 7) is 7.74. The molecular weight excluding hydrogens is 232 g/mol. The Labute approximate surface area is 105 Å². The van der Waals surface area contributed by atoms with Crippen molar-refractivity contribution in [3.8, 4) is 0 Å². The van der Waals surface area contributed by atoms with Gasteiger partial charge in [0.15, 0.2) is 0 Å². The number of nitrogens with zero attached hydrogens (tertiary/aromatic N) is 2. The monoisotopic (exact) mass is 248 g/mol. The van der Waals surface area contributed by atoms with Crippen LogP contribution >= 0.6 is 0 Å². The molecule has 2 heterocycles. The Morgan fingerprint density at radius 3 is 2.61 bits per heavy atom. The molecule has 0 aliphatic carbocycles. The molecule has 0 saturated heterocycles. The lowest BCUT2D eigenvalue weighted by Crippen LogP contribution is -2.06. The molecule has 0 unspecified atom stereocenters. The molecule has 0 bridgehead atoms. The molecule has 5 heteroatoms. The Bertz CT molecular complexity index is 614. The molecule has 0 amide bonds. The molecule has 2 rings (SSSR count). The van der Waals surface area contributed by atoms with E-state index in [0.717, 1.165) is 22.2 Å². The van der Waals surface area contributed by atoms with Crippen molar-refractivity contribution in [3.63, 3.8) is 0 Å². The fourth-order valence-corrected chi connectivity index (χ4v) is 2.17. The third kappa shape index (κ3) is 1.96. The molecule has 0 saturated carbocycles. The summed E-state index contributed by atoms with van der Waals surface area (Å²) < 4.78 is 5.22. The number of hydrogen-bond donors (Lipinski definition) is 1. The lowest BCUT2D eigenvalue weighted by molar-refractivity contribution is -0.136. The third-order valence-corrected chi connectivity index (χ3v) is 3.11. The Morgan fingerprint density at radius 1 is 1.39 bits per heavy atom. The maximum absolute atomic E-state index is 10.9. The lowest BCUT2D eigenvalue weighted by Gasteiger charge is -2.08. The standard InChI is InChI=1S/C13H16N2O3/c1-6(2)12-11-7(3)9(5-10(16)17)8(4)14-13(11)18-15-12/h6H,5H2,1-4H3,(H,16,17). The number of rotatable bonds is 3. The predicted molar refractivity (Wildman–Crippen MR) is 66.7 cm³/mol. The molecule has 2 aromatic heterocycles. The fourth-order valence-electron chi connectivity index (χ4n) is 2.17. The van der Waals surface area contributed by atoms with Gasteiger partial charge < -0.3 is 9.63 Å². The summed E-state index contributed by atoms with van der Waals surface area (Å²) >= 11 is 0. The molecule has 0 radical (unpaired) electrons. The van der Waals surface area contributed by atoms with Gasteiger partial charge in [-0.25, -0.2) is 4.98 Å². The summed E-state index contributed by atoms with van der Waals surface area (Å²) in [5, 5.41) is 13.8.